The number of rotatable bonds is 7. The second kappa shape index (κ2) is 8.85. The molecule has 0 saturated carbocycles. The molecule has 1 aromatic heterocycles. The lowest BCUT2D eigenvalue weighted by Crippen LogP contribution is -2.67. The minimum atomic E-state index is -2.58. The first kappa shape index (κ1) is 22.4. The summed E-state index contributed by atoms with van der Waals surface area (Å²) in [6.07, 6.45) is 0.349. The lowest BCUT2D eigenvalue weighted by molar-refractivity contribution is 0.226. The number of hydrogen-bond acceptors (Lipinski definition) is 4. The van der Waals surface area contributed by atoms with Crippen LogP contribution in [0.2, 0.25) is 5.04 Å². The molecular formula is C25H30N2OSSi. The Morgan fingerprint density at radius 1 is 0.933 bits per heavy atom. The van der Waals surface area contributed by atoms with Crippen LogP contribution in [0.25, 0.3) is 0 Å². The fourth-order valence-electron chi connectivity index (χ4n) is 3.89. The lowest BCUT2D eigenvalue weighted by atomic mass is 9.96. The van der Waals surface area contributed by atoms with Crippen molar-refractivity contribution in [2.24, 2.45) is 0 Å². The van der Waals surface area contributed by atoms with Crippen LogP contribution in [0.3, 0.4) is 0 Å². The van der Waals surface area contributed by atoms with Crippen molar-refractivity contribution >= 4 is 30.0 Å². The van der Waals surface area contributed by atoms with Crippen LogP contribution in [0, 0.1) is 11.3 Å². The highest BCUT2D eigenvalue weighted by atomic mass is 32.1. The summed E-state index contributed by atoms with van der Waals surface area (Å²) < 4.78 is 7.10. The van der Waals surface area contributed by atoms with Crippen LogP contribution in [0.15, 0.2) is 66.0 Å². The van der Waals surface area contributed by atoms with E-state index >= 15 is 0 Å². The van der Waals surface area contributed by atoms with E-state index in [9.17, 15) is 0 Å². The number of nitrogens with zero attached hydrogens (tertiary/aromatic N) is 2. The predicted octanol–water partition coefficient (Wildman–Crippen LogP) is 5.06. The first-order valence-corrected chi connectivity index (χ1v) is 13.1. The van der Waals surface area contributed by atoms with Crippen LogP contribution in [-0.4, -0.2) is 19.9 Å². The third-order valence-electron chi connectivity index (χ3n) is 5.46. The molecule has 3 rings (SSSR count). The third-order valence-corrected chi connectivity index (χ3v) is 11.7. The van der Waals surface area contributed by atoms with E-state index < -0.39 is 8.32 Å². The molecule has 1 heterocycles. The molecule has 5 heteroatoms. The molecule has 0 aliphatic carbocycles. The molecule has 0 spiro atoms. The highest BCUT2D eigenvalue weighted by Gasteiger charge is 2.51. The first-order chi connectivity index (χ1) is 14.2. The van der Waals surface area contributed by atoms with Crippen molar-refractivity contribution in [3.63, 3.8) is 0 Å². The van der Waals surface area contributed by atoms with Gasteiger partial charge in [0.25, 0.3) is 8.32 Å². The smallest absolute Gasteiger partial charge is 0.261 e. The molecule has 0 radical (unpaired) electrons. The molecule has 156 valence electrons. The fraction of sp³-hybridized carbons (Fsp3) is 0.360. The van der Waals surface area contributed by atoms with Crippen LogP contribution < -0.4 is 10.4 Å². The van der Waals surface area contributed by atoms with E-state index in [1.165, 1.54) is 10.4 Å². The van der Waals surface area contributed by atoms with Crippen molar-refractivity contribution in [1.82, 2.24) is 4.98 Å². The Balaban J connectivity index is 2.04. The number of benzene rings is 2. The van der Waals surface area contributed by atoms with Crippen molar-refractivity contribution in [3.8, 4) is 6.07 Å². The zero-order chi connectivity index (χ0) is 21.8. The molecule has 0 N–H and O–H groups in total. The summed E-state index contributed by atoms with van der Waals surface area (Å²) in [4.78, 5) is 4.71. The van der Waals surface area contributed by atoms with Gasteiger partial charge >= 0.3 is 0 Å². The average molecular weight is 435 g/mol. The Morgan fingerprint density at radius 3 is 1.93 bits per heavy atom. The Labute approximate surface area is 185 Å². The van der Waals surface area contributed by atoms with E-state index in [1.54, 1.807) is 11.3 Å². The molecule has 0 saturated heterocycles. The van der Waals surface area contributed by atoms with E-state index in [1.807, 2.05) is 5.38 Å². The zero-order valence-corrected chi connectivity index (χ0v) is 20.3. The standard InChI is InChI=1S/C25H30N2OSSi/c1-24(2,3)30(21-12-8-6-9-13-21,22-14-10-7-11-15-22)28-19-25(4,5)23-27-20(16-17-26)18-29-23/h6-15,18H,16,19H2,1-5H3. The van der Waals surface area contributed by atoms with Gasteiger partial charge in [-0.05, 0) is 15.4 Å². The highest BCUT2D eigenvalue weighted by Crippen LogP contribution is 2.38. The number of aromatic nitrogens is 1. The molecule has 0 aliphatic rings. The van der Waals surface area contributed by atoms with Crippen LogP contribution >= 0.6 is 11.3 Å². The van der Waals surface area contributed by atoms with Gasteiger partial charge in [-0.1, -0.05) is 95.3 Å². The summed E-state index contributed by atoms with van der Waals surface area (Å²) in [7, 11) is -2.58. The highest BCUT2D eigenvalue weighted by molar-refractivity contribution is 7.09. The molecular weight excluding hydrogens is 404 g/mol. The minimum absolute atomic E-state index is 0.0549. The van der Waals surface area contributed by atoms with Crippen LogP contribution in [-0.2, 0) is 16.3 Å². The van der Waals surface area contributed by atoms with E-state index in [0.29, 0.717) is 13.0 Å². The quantitative estimate of drug-likeness (QED) is 0.488. The van der Waals surface area contributed by atoms with Gasteiger partial charge in [0.05, 0.1) is 18.2 Å². The lowest BCUT2D eigenvalue weighted by Gasteiger charge is -2.44. The molecule has 0 atom stereocenters. The summed E-state index contributed by atoms with van der Waals surface area (Å²) in [5, 5.41) is 14.5. The molecule has 2 aromatic carbocycles. The molecule has 0 bridgehead atoms. The van der Waals surface area contributed by atoms with Gasteiger partial charge in [-0.15, -0.1) is 11.3 Å². The van der Waals surface area contributed by atoms with Gasteiger partial charge in [0, 0.05) is 17.4 Å². The molecule has 0 unspecified atom stereocenters. The number of nitriles is 1. The predicted molar refractivity (Wildman–Crippen MR) is 128 cm³/mol. The second-order valence-electron chi connectivity index (χ2n) is 9.31. The summed E-state index contributed by atoms with van der Waals surface area (Å²) in [5.41, 5.74) is 0.599. The van der Waals surface area contributed by atoms with E-state index in [2.05, 4.69) is 101 Å². The van der Waals surface area contributed by atoms with Crippen molar-refractivity contribution in [3.05, 3.63) is 76.7 Å². The maximum absolute atomic E-state index is 8.98. The summed E-state index contributed by atoms with van der Waals surface area (Å²) >= 11 is 1.62. The molecule has 3 aromatic rings. The Morgan fingerprint density at radius 2 is 1.47 bits per heavy atom. The van der Waals surface area contributed by atoms with Crippen molar-refractivity contribution in [2.75, 3.05) is 6.61 Å². The third kappa shape index (κ3) is 4.41. The van der Waals surface area contributed by atoms with E-state index in [-0.39, 0.29) is 10.5 Å². The average Bonchev–Trinajstić information content (AvgIpc) is 3.19. The second-order valence-corrected chi connectivity index (χ2v) is 14.5. The fourth-order valence-corrected chi connectivity index (χ4v) is 9.56. The van der Waals surface area contributed by atoms with Gasteiger partial charge in [-0.25, -0.2) is 4.98 Å². The molecule has 3 nitrogen and oxygen atoms in total. The summed E-state index contributed by atoms with van der Waals surface area (Å²) in [6, 6.07) is 23.6. The van der Waals surface area contributed by atoms with Gasteiger partial charge in [-0.2, -0.15) is 5.26 Å². The maximum atomic E-state index is 8.98. The summed E-state index contributed by atoms with van der Waals surface area (Å²) in [6.45, 7) is 11.8. The normalized spacial score (nSPS) is 12.5. The Kier molecular flexibility index (Phi) is 6.61. The molecule has 30 heavy (non-hydrogen) atoms. The van der Waals surface area contributed by atoms with E-state index in [4.69, 9.17) is 14.7 Å². The number of hydrogen-bond donors (Lipinski definition) is 0. The first-order valence-electron chi connectivity index (χ1n) is 10.3. The van der Waals surface area contributed by atoms with Crippen molar-refractivity contribution in [1.29, 1.82) is 5.26 Å². The van der Waals surface area contributed by atoms with Crippen LogP contribution in [0.1, 0.15) is 45.3 Å². The van der Waals surface area contributed by atoms with E-state index in [0.717, 1.165) is 10.7 Å². The number of thiazole rings is 1. The largest absolute Gasteiger partial charge is 0.406 e. The van der Waals surface area contributed by atoms with Crippen molar-refractivity contribution < 1.29 is 4.43 Å². The molecule has 0 fully saturated rings. The van der Waals surface area contributed by atoms with Crippen LogP contribution in [0.5, 0.6) is 0 Å². The molecule has 0 amide bonds. The Bertz CT molecular complexity index is 961. The van der Waals surface area contributed by atoms with Gasteiger partial charge in [0.15, 0.2) is 0 Å². The summed E-state index contributed by atoms with van der Waals surface area (Å²) in [5.74, 6) is 0. The minimum Gasteiger partial charge on any atom is -0.406 e. The van der Waals surface area contributed by atoms with Crippen LogP contribution in [0.4, 0.5) is 0 Å². The van der Waals surface area contributed by atoms with Gasteiger partial charge in [0.2, 0.25) is 0 Å². The SMILES string of the molecule is CC(C)(CO[Si](c1ccccc1)(c1ccccc1)C(C)(C)C)c1nc(CC#N)cs1. The topological polar surface area (TPSA) is 45.9 Å². The zero-order valence-electron chi connectivity index (χ0n) is 18.5. The Hall–Kier alpha value is -2.26. The van der Waals surface area contributed by atoms with Crippen molar-refractivity contribution in [2.45, 2.75) is 51.5 Å². The molecule has 0 aliphatic heterocycles. The van der Waals surface area contributed by atoms with Gasteiger partial charge in [0.1, 0.15) is 5.01 Å². The van der Waals surface area contributed by atoms with Gasteiger partial charge in [-0.3, -0.25) is 0 Å². The monoisotopic (exact) mass is 434 g/mol. The van der Waals surface area contributed by atoms with Gasteiger partial charge < -0.3 is 4.43 Å². The maximum Gasteiger partial charge on any atom is 0.261 e.